The van der Waals surface area contributed by atoms with Gasteiger partial charge in [0.25, 0.3) is 0 Å². The van der Waals surface area contributed by atoms with Gasteiger partial charge in [-0.2, -0.15) is 18.4 Å². The molecule has 60 heavy (non-hydrogen) atoms. The van der Waals surface area contributed by atoms with Gasteiger partial charge in [0.15, 0.2) is 0 Å². The number of benzene rings is 8. The first-order valence-corrected chi connectivity index (χ1v) is 20.0. The molecule has 8 aromatic carbocycles. The van der Waals surface area contributed by atoms with Crippen molar-refractivity contribution >= 4 is 43.6 Å². The fourth-order valence-electron chi connectivity index (χ4n) is 9.35. The van der Waals surface area contributed by atoms with Crippen LogP contribution in [0.5, 0.6) is 0 Å². The second-order valence-corrected chi connectivity index (χ2v) is 15.8. The van der Waals surface area contributed by atoms with E-state index in [9.17, 15) is 18.4 Å². The molecule has 0 aliphatic rings. The Morgan fingerprint density at radius 1 is 0.450 bits per heavy atom. The highest BCUT2D eigenvalue weighted by atomic mass is 19.4. The van der Waals surface area contributed by atoms with Gasteiger partial charge in [-0.15, -0.1) is 0 Å². The molecule has 3 nitrogen and oxygen atoms in total. The minimum atomic E-state index is -4.64. The average molecular weight is 786 g/mol. The monoisotopic (exact) mass is 785 g/mol. The third-order valence-corrected chi connectivity index (χ3v) is 12.0. The van der Waals surface area contributed by atoms with E-state index in [0.29, 0.717) is 16.9 Å². The van der Waals surface area contributed by atoms with Gasteiger partial charge in [0.1, 0.15) is 11.6 Å². The van der Waals surface area contributed by atoms with Gasteiger partial charge >= 0.3 is 6.18 Å². The molecule has 10 aromatic rings. The number of aromatic nitrogens is 2. The van der Waals surface area contributed by atoms with Crippen LogP contribution in [0.1, 0.15) is 33.4 Å². The Morgan fingerprint density at radius 2 is 0.933 bits per heavy atom. The maximum absolute atomic E-state index is 14.9. The number of hydrogen-bond donors (Lipinski definition) is 0. The summed E-state index contributed by atoms with van der Waals surface area (Å²) in [7, 11) is 0. The van der Waals surface area contributed by atoms with Crippen molar-refractivity contribution in [3.8, 4) is 50.8 Å². The lowest BCUT2D eigenvalue weighted by atomic mass is 9.94. The van der Waals surface area contributed by atoms with Gasteiger partial charge in [-0.25, -0.2) is 0 Å². The standard InChI is InChI=1S/C54H38F3N3/c1-32-17-21-38(34(3)27-32)36-19-24-50-44(29-36)41-12-6-9-15-48(41)59(50)52-26-23-43(40-11-5-8-14-47(40)54(55,56)57)53(46(52)31-58)60-49-16-10-7-13-42(49)45-30-37(20-25-51(45)60)39-22-18-33(2)28-35(39)4/h5-30H,1-4H3. The summed E-state index contributed by atoms with van der Waals surface area (Å²) in [5.41, 5.74) is 13.1. The van der Waals surface area contributed by atoms with Crippen LogP contribution in [-0.4, -0.2) is 9.13 Å². The van der Waals surface area contributed by atoms with E-state index in [0.717, 1.165) is 77.5 Å². The van der Waals surface area contributed by atoms with Gasteiger partial charge in [-0.3, -0.25) is 0 Å². The molecule has 0 saturated heterocycles. The molecule has 0 fully saturated rings. The lowest BCUT2D eigenvalue weighted by Gasteiger charge is -2.22. The number of nitrogens with zero attached hydrogens (tertiary/aromatic N) is 3. The number of fused-ring (bicyclic) bond motifs is 6. The van der Waals surface area contributed by atoms with Crippen LogP contribution in [0.4, 0.5) is 13.2 Å². The maximum Gasteiger partial charge on any atom is 0.417 e. The Kier molecular flexibility index (Phi) is 8.55. The molecule has 2 aromatic heterocycles. The van der Waals surface area contributed by atoms with Crippen LogP contribution in [0.3, 0.4) is 0 Å². The van der Waals surface area contributed by atoms with Crippen molar-refractivity contribution in [3.63, 3.8) is 0 Å². The highest BCUT2D eigenvalue weighted by Gasteiger charge is 2.35. The second kappa shape index (κ2) is 13.9. The van der Waals surface area contributed by atoms with Crippen LogP contribution in [0, 0.1) is 39.0 Å². The van der Waals surface area contributed by atoms with Crippen LogP contribution in [0.25, 0.3) is 88.4 Å². The van der Waals surface area contributed by atoms with E-state index in [-0.39, 0.29) is 11.1 Å². The summed E-state index contributed by atoms with van der Waals surface area (Å²) >= 11 is 0. The van der Waals surface area contributed by atoms with Gasteiger partial charge in [0.2, 0.25) is 0 Å². The van der Waals surface area contributed by atoms with Gasteiger partial charge in [0, 0.05) is 27.1 Å². The molecular formula is C54H38F3N3. The summed E-state index contributed by atoms with van der Waals surface area (Å²) in [5, 5.41) is 15.4. The Morgan fingerprint density at radius 3 is 1.48 bits per heavy atom. The number of nitriles is 1. The molecule has 0 spiro atoms. The SMILES string of the molecule is Cc1ccc(-c2ccc3c(c2)c2ccccc2n3-c2ccc(-c3ccccc3C(F)(F)F)c(-n3c4ccccc4c4cc(-c5ccc(C)cc5C)ccc43)c2C#N)c(C)c1. The fraction of sp³-hybridized carbons (Fsp3) is 0.0926. The van der Waals surface area contributed by atoms with Crippen molar-refractivity contribution < 1.29 is 13.2 Å². The molecule has 0 bridgehead atoms. The normalized spacial score (nSPS) is 11.9. The average Bonchev–Trinajstić information content (AvgIpc) is 3.75. The van der Waals surface area contributed by atoms with Crippen LogP contribution in [0.15, 0.2) is 158 Å². The highest BCUT2D eigenvalue weighted by Crippen LogP contribution is 2.46. The van der Waals surface area contributed by atoms with Crippen LogP contribution >= 0.6 is 0 Å². The molecule has 290 valence electrons. The molecule has 0 atom stereocenters. The summed E-state index contributed by atoms with van der Waals surface area (Å²) in [6.07, 6.45) is -4.64. The number of aryl methyl sites for hydroxylation is 4. The van der Waals surface area contributed by atoms with Gasteiger partial charge in [-0.1, -0.05) is 120 Å². The lowest BCUT2D eigenvalue weighted by molar-refractivity contribution is -0.137. The maximum atomic E-state index is 14.9. The van der Waals surface area contributed by atoms with Crippen LogP contribution < -0.4 is 0 Å². The van der Waals surface area contributed by atoms with Crippen molar-refractivity contribution in [3.05, 3.63) is 191 Å². The van der Waals surface area contributed by atoms with Gasteiger partial charge < -0.3 is 9.13 Å². The summed E-state index contributed by atoms with van der Waals surface area (Å²) in [6.45, 7) is 8.38. The van der Waals surface area contributed by atoms with E-state index in [2.05, 4.69) is 111 Å². The summed E-state index contributed by atoms with van der Waals surface area (Å²) < 4.78 is 48.9. The third kappa shape index (κ3) is 5.80. The molecule has 10 rings (SSSR count). The van der Waals surface area contributed by atoms with E-state index in [1.54, 1.807) is 18.2 Å². The number of rotatable bonds is 5. The zero-order valence-corrected chi connectivity index (χ0v) is 33.5. The van der Waals surface area contributed by atoms with Crippen molar-refractivity contribution in [2.24, 2.45) is 0 Å². The van der Waals surface area contributed by atoms with Crippen molar-refractivity contribution in [2.75, 3.05) is 0 Å². The minimum Gasteiger partial charge on any atom is -0.308 e. The molecule has 6 heteroatoms. The Balaban J connectivity index is 1.31. The van der Waals surface area contributed by atoms with E-state index in [1.807, 2.05) is 53.1 Å². The number of hydrogen-bond acceptors (Lipinski definition) is 1. The molecule has 0 N–H and O–H groups in total. The van der Waals surface area contributed by atoms with E-state index in [1.165, 1.54) is 28.8 Å². The number of para-hydroxylation sites is 2. The molecule has 0 aliphatic heterocycles. The zero-order valence-electron chi connectivity index (χ0n) is 33.5. The summed E-state index contributed by atoms with van der Waals surface area (Å²) in [5.74, 6) is 0. The molecule has 0 aliphatic carbocycles. The smallest absolute Gasteiger partial charge is 0.308 e. The topological polar surface area (TPSA) is 33.6 Å². The first-order chi connectivity index (χ1) is 29.0. The molecular weight excluding hydrogens is 748 g/mol. The molecule has 0 saturated carbocycles. The second-order valence-electron chi connectivity index (χ2n) is 15.8. The third-order valence-electron chi connectivity index (χ3n) is 12.0. The predicted octanol–water partition coefficient (Wildman–Crippen LogP) is 15.0. The van der Waals surface area contributed by atoms with Crippen LogP contribution in [0.2, 0.25) is 0 Å². The van der Waals surface area contributed by atoms with Gasteiger partial charge in [0.05, 0.1) is 39.0 Å². The van der Waals surface area contributed by atoms with E-state index in [4.69, 9.17) is 0 Å². The fourth-order valence-corrected chi connectivity index (χ4v) is 9.35. The van der Waals surface area contributed by atoms with Crippen molar-refractivity contribution in [1.82, 2.24) is 9.13 Å². The lowest BCUT2D eigenvalue weighted by Crippen LogP contribution is -2.10. The van der Waals surface area contributed by atoms with Crippen molar-refractivity contribution in [2.45, 2.75) is 33.9 Å². The Labute approximate surface area is 345 Å². The Bertz CT molecular complexity index is 3430. The molecule has 0 amide bonds. The van der Waals surface area contributed by atoms with Gasteiger partial charge in [-0.05, 0) is 115 Å². The zero-order chi connectivity index (χ0) is 41.4. The molecule has 0 radical (unpaired) electrons. The number of halogens is 3. The first-order valence-electron chi connectivity index (χ1n) is 20.0. The molecule has 2 heterocycles. The summed E-state index contributed by atoms with van der Waals surface area (Å²) in [4.78, 5) is 0. The quantitative estimate of drug-likeness (QED) is 0.171. The van der Waals surface area contributed by atoms with E-state index >= 15 is 0 Å². The summed E-state index contributed by atoms with van der Waals surface area (Å²) in [6, 6.07) is 53.3. The predicted molar refractivity (Wildman–Crippen MR) is 240 cm³/mol. The highest BCUT2D eigenvalue weighted by molar-refractivity contribution is 6.13. The Hall–Kier alpha value is -7.36. The number of alkyl halides is 3. The van der Waals surface area contributed by atoms with E-state index < -0.39 is 11.7 Å². The largest absolute Gasteiger partial charge is 0.417 e. The van der Waals surface area contributed by atoms with Crippen LogP contribution in [-0.2, 0) is 6.18 Å². The first kappa shape index (κ1) is 36.9. The minimum absolute atomic E-state index is 0.00112. The molecule has 0 unspecified atom stereocenters. The van der Waals surface area contributed by atoms with Crippen molar-refractivity contribution in [1.29, 1.82) is 5.26 Å².